The van der Waals surface area contributed by atoms with Gasteiger partial charge in [0.1, 0.15) is 25.0 Å². The molecule has 1 saturated heterocycles. The fraction of sp³-hybridized carbons (Fsp3) is 0.588. The molecule has 1 heterocycles. The van der Waals surface area contributed by atoms with Crippen LogP contribution in [0.15, 0.2) is 27.1 Å². The van der Waals surface area contributed by atoms with Crippen molar-refractivity contribution in [1.82, 2.24) is 0 Å². The summed E-state index contributed by atoms with van der Waals surface area (Å²) in [6.07, 6.45) is 1.11. The van der Waals surface area contributed by atoms with E-state index < -0.39 is 6.10 Å². The first-order valence-electron chi connectivity index (χ1n) is 8.25. The number of carbonyl (C=O) groups excluding carboxylic acids is 1. The van der Waals surface area contributed by atoms with Gasteiger partial charge in [0.05, 0.1) is 30.1 Å². The van der Waals surface area contributed by atoms with E-state index >= 15 is 0 Å². The molecule has 0 spiro atoms. The van der Waals surface area contributed by atoms with E-state index in [9.17, 15) is 9.90 Å². The van der Waals surface area contributed by atoms with Crippen LogP contribution >= 0.6 is 31.9 Å². The van der Waals surface area contributed by atoms with Crippen LogP contribution in [0, 0.1) is 5.92 Å². The van der Waals surface area contributed by atoms with E-state index in [2.05, 4.69) is 31.9 Å². The van der Waals surface area contributed by atoms with Gasteiger partial charge in [0.25, 0.3) is 0 Å². The van der Waals surface area contributed by atoms with Crippen LogP contribution in [0.3, 0.4) is 0 Å². The molecule has 7 heteroatoms. The van der Waals surface area contributed by atoms with Gasteiger partial charge in [-0.05, 0) is 41.1 Å². The smallest absolute Gasteiger partial charge is 0.309 e. The predicted octanol–water partition coefficient (Wildman–Crippen LogP) is 1.81. The minimum Gasteiger partial charge on any atom is -0.489 e. The van der Waals surface area contributed by atoms with Crippen molar-refractivity contribution in [3.63, 3.8) is 0 Å². The second-order valence-electron chi connectivity index (χ2n) is 6.02. The van der Waals surface area contributed by atoms with E-state index in [-0.39, 0.29) is 18.5 Å². The van der Waals surface area contributed by atoms with Gasteiger partial charge < -0.3 is 19.5 Å². The zero-order valence-corrected chi connectivity index (χ0v) is 16.9. The van der Waals surface area contributed by atoms with E-state index in [1.165, 1.54) is 4.90 Å². The van der Waals surface area contributed by atoms with Crippen LogP contribution in [0.25, 0.3) is 0 Å². The van der Waals surface area contributed by atoms with Gasteiger partial charge in [-0.1, -0.05) is 15.9 Å². The third-order valence-electron chi connectivity index (χ3n) is 4.16. The molecule has 24 heavy (non-hydrogen) atoms. The number of benzene rings is 1. The maximum atomic E-state index is 11.7. The fourth-order valence-corrected chi connectivity index (χ4v) is 4.06. The van der Waals surface area contributed by atoms with Crippen molar-refractivity contribution < 1.29 is 24.3 Å². The Hall–Kier alpha value is -0.630. The summed E-state index contributed by atoms with van der Waals surface area (Å²) in [5.41, 5.74) is 0. The monoisotopic (exact) mass is 464 g/mol. The molecule has 1 aliphatic rings. The number of piperidine rings is 1. The van der Waals surface area contributed by atoms with Crippen molar-refractivity contribution in [2.75, 3.05) is 32.8 Å². The Morgan fingerprint density at radius 2 is 2.08 bits per heavy atom. The van der Waals surface area contributed by atoms with Crippen LogP contribution in [0.4, 0.5) is 0 Å². The van der Waals surface area contributed by atoms with E-state index in [1.54, 1.807) is 0 Å². The predicted molar refractivity (Wildman–Crippen MR) is 98.3 cm³/mol. The molecule has 1 atom stereocenters. The maximum absolute atomic E-state index is 11.7. The van der Waals surface area contributed by atoms with Gasteiger partial charge in [0, 0.05) is 17.3 Å². The van der Waals surface area contributed by atoms with Crippen LogP contribution in [0.2, 0.25) is 0 Å². The summed E-state index contributed by atoms with van der Waals surface area (Å²) in [4.78, 5) is 13.0. The van der Waals surface area contributed by atoms with Gasteiger partial charge in [-0.3, -0.25) is 4.79 Å². The van der Waals surface area contributed by atoms with Gasteiger partial charge >= 0.3 is 5.97 Å². The second-order valence-corrected chi connectivity index (χ2v) is 7.79. The SMILES string of the molecule is CCOC(=O)C1CC[NH+](C[C@H](O)COc2ccc(Br)cc2Br)CC1. The lowest BCUT2D eigenvalue weighted by molar-refractivity contribution is -0.908. The Kier molecular flexibility index (Phi) is 8.00. The number of quaternary nitrogens is 1. The topological polar surface area (TPSA) is 60.2 Å². The summed E-state index contributed by atoms with van der Waals surface area (Å²) in [6, 6.07) is 5.67. The standard InChI is InChI=1S/C17H23Br2NO4/c1-2-23-17(22)12-5-7-20(8-6-12)10-14(21)11-24-16-4-3-13(18)9-15(16)19/h3-4,9,12,14,21H,2,5-8,10-11H2,1H3/p+1/t14-/m0/s1. The summed E-state index contributed by atoms with van der Waals surface area (Å²) in [7, 11) is 0. The Bertz CT molecular complexity index is 547. The number of rotatable bonds is 7. The van der Waals surface area contributed by atoms with Crippen molar-refractivity contribution in [2.24, 2.45) is 5.92 Å². The number of esters is 1. The Morgan fingerprint density at radius 1 is 1.38 bits per heavy atom. The summed E-state index contributed by atoms with van der Waals surface area (Å²) >= 11 is 6.84. The summed E-state index contributed by atoms with van der Waals surface area (Å²) in [5, 5.41) is 10.2. The lowest BCUT2D eigenvalue weighted by atomic mass is 9.97. The van der Waals surface area contributed by atoms with Gasteiger partial charge in [0.15, 0.2) is 0 Å². The van der Waals surface area contributed by atoms with Crippen LogP contribution in [0.1, 0.15) is 19.8 Å². The van der Waals surface area contributed by atoms with E-state index in [4.69, 9.17) is 9.47 Å². The quantitative estimate of drug-likeness (QED) is 0.603. The highest BCUT2D eigenvalue weighted by Gasteiger charge is 2.29. The van der Waals surface area contributed by atoms with Gasteiger partial charge in [-0.15, -0.1) is 0 Å². The fourth-order valence-electron chi connectivity index (χ4n) is 2.90. The number of aliphatic hydroxyl groups is 1. The lowest BCUT2D eigenvalue weighted by Gasteiger charge is -2.29. The van der Waals surface area contributed by atoms with Crippen LogP contribution in [0.5, 0.6) is 5.75 Å². The minimum atomic E-state index is -0.533. The molecule has 1 aromatic carbocycles. The van der Waals surface area contributed by atoms with Crippen molar-refractivity contribution in [3.05, 3.63) is 27.1 Å². The van der Waals surface area contributed by atoms with Gasteiger partial charge in [-0.2, -0.15) is 0 Å². The third kappa shape index (κ3) is 6.02. The third-order valence-corrected chi connectivity index (χ3v) is 5.28. The Morgan fingerprint density at radius 3 is 2.71 bits per heavy atom. The molecule has 0 saturated carbocycles. The number of nitrogens with one attached hydrogen (secondary N) is 1. The van der Waals surface area contributed by atoms with Crippen molar-refractivity contribution >= 4 is 37.8 Å². The zero-order valence-electron chi connectivity index (χ0n) is 13.8. The van der Waals surface area contributed by atoms with Crippen molar-refractivity contribution in [1.29, 1.82) is 0 Å². The summed E-state index contributed by atoms with van der Waals surface area (Å²) in [6.45, 7) is 4.91. The first kappa shape index (κ1) is 19.7. The highest BCUT2D eigenvalue weighted by Crippen LogP contribution is 2.28. The Labute approximate surface area is 159 Å². The zero-order chi connectivity index (χ0) is 17.5. The average molecular weight is 466 g/mol. The molecule has 1 aromatic rings. The molecule has 2 N–H and O–H groups in total. The molecular weight excluding hydrogens is 442 g/mol. The number of carbonyl (C=O) groups is 1. The van der Waals surface area contributed by atoms with Gasteiger partial charge in [0.2, 0.25) is 0 Å². The van der Waals surface area contributed by atoms with E-state index in [0.29, 0.717) is 18.9 Å². The number of hydrogen-bond acceptors (Lipinski definition) is 4. The normalized spacial score (nSPS) is 22.0. The van der Waals surface area contributed by atoms with E-state index in [0.717, 1.165) is 34.9 Å². The molecular formula is C17H24Br2NO4+. The molecule has 1 aliphatic heterocycles. The van der Waals surface area contributed by atoms with Crippen LogP contribution in [-0.2, 0) is 9.53 Å². The molecule has 0 radical (unpaired) electrons. The van der Waals surface area contributed by atoms with Gasteiger partial charge in [-0.25, -0.2) is 0 Å². The Balaban J connectivity index is 1.71. The molecule has 134 valence electrons. The highest BCUT2D eigenvalue weighted by molar-refractivity contribution is 9.11. The average Bonchev–Trinajstić information content (AvgIpc) is 2.55. The minimum absolute atomic E-state index is 0.0146. The molecule has 1 fully saturated rings. The second kappa shape index (κ2) is 9.75. The van der Waals surface area contributed by atoms with Crippen LogP contribution in [-0.4, -0.2) is 50.0 Å². The van der Waals surface area contributed by atoms with Crippen molar-refractivity contribution in [2.45, 2.75) is 25.9 Å². The first-order valence-corrected chi connectivity index (χ1v) is 9.84. The lowest BCUT2D eigenvalue weighted by Crippen LogP contribution is -3.14. The largest absolute Gasteiger partial charge is 0.489 e. The van der Waals surface area contributed by atoms with Crippen LogP contribution < -0.4 is 9.64 Å². The summed E-state index contributed by atoms with van der Waals surface area (Å²) in [5.74, 6) is 0.648. The number of likely N-dealkylation sites (tertiary alicyclic amines) is 1. The number of halogens is 2. The summed E-state index contributed by atoms with van der Waals surface area (Å²) < 4.78 is 12.6. The molecule has 2 rings (SSSR count). The highest BCUT2D eigenvalue weighted by atomic mass is 79.9. The molecule has 0 amide bonds. The molecule has 0 bridgehead atoms. The number of aliphatic hydroxyl groups excluding tert-OH is 1. The van der Waals surface area contributed by atoms with Crippen molar-refractivity contribution in [3.8, 4) is 5.75 Å². The maximum Gasteiger partial charge on any atom is 0.309 e. The van der Waals surface area contributed by atoms with E-state index in [1.807, 2.05) is 25.1 Å². The number of ether oxygens (including phenoxy) is 2. The molecule has 0 aromatic heterocycles. The first-order chi connectivity index (χ1) is 11.5. The molecule has 0 aliphatic carbocycles. The number of hydrogen-bond donors (Lipinski definition) is 2. The molecule has 5 nitrogen and oxygen atoms in total. The molecule has 0 unspecified atom stereocenters.